The predicted octanol–water partition coefficient (Wildman–Crippen LogP) is 0.392. The second kappa shape index (κ2) is 7.46. The molecule has 168 valence electrons. The number of nitrogens with one attached hydrogen (secondary N) is 1. The molecule has 0 radical (unpaired) electrons. The van der Waals surface area contributed by atoms with E-state index in [-0.39, 0.29) is 17.2 Å². The number of aliphatic carboxylic acids is 2. The number of fused-ring (bicyclic) bond motifs is 1. The number of rotatable bonds is 7. The highest BCUT2D eigenvalue weighted by molar-refractivity contribution is 8.01. The predicted molar refractivity (Wildman–Crippen MR) is 111 cm³/mol. The van der Waals surface area contributed by atoms with Gasteiger partial charge in [-0.25, -0.2) is 19.4 Å². The van der Waals surface area contributed by atoms with Crippen LogP contribution in [0.25, 0.3) is 0 Å². The zero-order chi connectivity index (χ0) is 23.4. The largest absolute Gasteiger partial charge is 0.478 e. The molecule has 3 atom stereocenters. The Morgan fingerprint density at radius 3 is 2.52 bits per heavy atom. The van der Waals surface area contributed by atoms with E-state index in [0.29, 0.717) is 0 Å². The summed E-state index contributed by atoms with van der Waals surface area (Å²) in [6.45, 7) is 5.87. The lowest BCUT2D eigenvalue weighted by Crippen LogP contribution is -2.79. The molecule has 0 aliphatic carbocycles. The van der Waals surface area contributed by atoms with Crippen molar-refractivity contribution >= 4 is 57.7 Å². The molecule has 1 aromatic rings. The van der Waals surface area contributed by atoms with Crippen LogP contribution in [0.15, 0.2) is 10.5 Å². The first-order chi connectivity index (χ1) is 14.2. The van der Waals surface area contributed by atoms with Gasteiger partial charge in [0.05, 0.1) is 4.75 Å². The number of oxime groups is 1. The van der Waals surface area contributed by atoms with E-state index in [9.17, 15) is 29.4 Å². The number of carboxylic acids is 2. The molecule has 14 heteroatoms. The maximum atomic E-state index is 13.2. The first kappa shape index (κ1) is 23.0. The number of quaternary nitrogens is 1. The molecule has 3 heterocycles. The molecule has 31 heavy (non-hydrogen) atoms. The van der Waals surface area contributed by atoms with Gasteiger partial charge < -0.3 is 20.8 Å². The number of nitrogen functional groups attached to an aromatic ring is 1. The summed E-state index contributed by atoms with van der Waals surface area (Å²) in [5, 5.41) is 23.8. The minimum absolute atomic E-state index is 0.00176. The number of carboxylic acid groups (broad SMARTS) is 2. The van der Waals surface area contributed by atoms with Gasteiger partial charge in [-0.15, -0.1) is 15.9 Å². The smallest absolute Gasteiger partial charge is 0.367 e. The number of nitrogens with two attached hydrogens (primary N) is 1. The Hall–Kier alpha value is -2.71. The lowest BCUT2D eigenvalue weighted by Gasteiger charge is -2.45. The molecule has 0 aromatic carbocycles. The third-order valence-corrected chi connectivity index (χ3v) is 7.38. The van der Waals surface area contributed by atoms with Gasteiger partial charge in [0.2, 0.25) is 11.6 Å². The maximum absolute atomic E-state index is 13.2. The van der Waals surface area contributed by atoms with Crippen LogP contribution in [-0.2, 0) is 24.0 Å². The van der Waals surface area contributed by atoms with Crippen molar-refractivity contribution in [1.82, 2.24) is 10.4 Å². The molecule has 2 aliphatic rings. The summed E-state index contributed by atoms with van der Waals surface area (Å²) in [5.74, 6) is -3.94. The number of anilines is 1. The molecule has 12 nitrogen and oxygen atoms in total. The third-order valence-electron chi connectivity index (χ3n) is 5.10. The average molecular weight is 473 g/mol. The van der Waals surface area contributed by atoms with Gasteiger partial charge in [0.25, 0.3) is 0 Å². The summed E-state index contributed by atoms with van der Waals surface area (Å²) in [5.41, 5.74) is 5.97. The van der Waals surface area contributed by atoms with Crippen LogP contribution >= 0.6 is 23.1 Å². The molecule has 5 N–H and O–H groups in total. The van der Waals surface area contributed by atoms with E-state index in [1.807, 2.05) is 0 Å². The van der Waals surface area contributed by atoms with Gasteiger partial charge in [-0.1, -0.05) is 16.9 Å². The molecule has 0 saturated carbocycles. The molecule has 3 rings (SSSR count). The maximum Gasteiger partial charge on any atom is 0.367 e. The van der Waals surface area contributed by atoms with Crippen molar-refractivity contribution < 1.29 is 38.8 Å². The van der Waals surface area contributed by atoms with Gasteiger partial charge in [0.1, 0.15) is 12.1 Å². The van der Waals surface area contributed by atoms with Crippen LogP contribution in [-0.4, -0.2) is 71.0 Å². The molecular weight excluding hydrogens is 450 g/mol. The summed E-state index contributed by atoms with van der Waals surface area (Å²) >= 11 is 2.32. The fourth-order valence-corrected chi connectivity index (χ4v) is 5.85. The Balaban J connectivity index is 1.99. The number of aromatic nitrogens is 1. The van der Waals surface area contributed by atoms with Crippen LogP contribution in [0.3, 0.4) is 0 Å². The number of amides is 2. The van der Waals surface area contributed by atoms with Gasteiger partial charge in [-0.05, 0) is 27.7 Å². The van der Waals surface area contributed by atoms with Crippen molar-refractivity contribution in [2.75, 3.05) is 5.73 Å². The normalized spacial score (nSPS) is 27.2. The molecule has 2 saturated heterocycles. The molecule has 1 aromatic heterocycles. The minimum Gasteiger partial charge on any atom is -0.478 e. The van der Waals surface area contributed by atoms with E-state index in [2.05, 4.69) is 15.6 Å². The van der Waals surface area contributed by atoms with Gasteiger partial charge in [-0.2, -0.15) is 5.43 Å². The topological polar surface area (TPSA) is 181 Å². The third kappa shape index (κ3) is 3.74. The highest BCUT2D eigenvalue weighted by atomic mass is 32.2. The summed E-state index contributed by atoms with van der Waals surface area (Å²) in [7, 11) is 0. The van der Waals surface area contributed by atoms with Crippen molar-refractivity contribution in [1.29, 1.82) is 0 Å². The number of β-lactam (4-membered cyclic amide) rings is 1. The van der Waals surface area contributed by atoms with E-state index in [0.717, 1.165) is 11.3 Å². The van der Waals surface area contributed by atoms with Gasteiger partial charge in [0, 0.05) is 5.38 Å². The van der Waals surface area contributed by atoms with Crippen LogP contribution in [0, 0.1) is 0 Å². The number of nitrogens with zero attached hydrogens (tertiary/aromatic N) is 3. The Morgan fingerprint density at radius 2 is 2.03 bits per heavy atom. The Labute approximate surface area is 185 Å². The molecule has 0 bridgehead atoms. The number of carbonyl (C=O) groups is 4. The fraction of sp³-hybridized carbons (Fsp3) is 0.529. The fourth-order valence-electron chi connectivity index (χ4n) is 3.52. The highest BCUT2D eigenvalue weighted by Crippen LogP contribution is 2.55. The highest BCUT2D eigenvalue weighted by Gasteiger charge is 2.75. The second-order valence-electron chi connectivity index (χ2n) is 8.15. The Morgan fingerprint density at radius 1 is 1.39 bits per heavy atom. The molecule has 2 aliphatic heterocycles. The SMILES string of the molecule is CC(C)(ON=C(C(=O)N[N+]12C(=O)C[C@H]1SC(C)(C)[C@@H]2C(=O)O)c1csc(N)n1)C(=O)O. The standard InChI is InChI=1S/C17H21N5O7S2/c1-16(2,14(27)28)29-21-10(7-6-30-15(18)19-7)12(24)20-22-8(23)5-9(22)31-17(3,4)11(22)13(25)26/h6,9,11H,5H2,1-4H3,(H4-,18,19,20,24,25,26,27,28)/p+1/t9-,11+,22?/m1/s1. The quantitative estimate of drug-likeness (QED) is 0.187. The number of carbonyl (C=O) groups excluding carboxylic acids is 2. The van der Waals surface area contributed by atoms with Gasteiger partial charge in [0.15, 0.2) is 16.2 Å². The first-order valence-electron chi connectivity index (χ1n) is 9.08. The van der Waals surface area contributed by atoms with E-state index in [1.54, 1.807) is 13.8 Å². The lowest BCUT2D eigenvalue weighted by atomic mass is 9.96. The van der Waals surface area contributed by atoms with Crippen LogP contribution in [0.1, 0.15) is 39.8 Å². The summed E-state index contributed by atoms with van der Waals surface area (Å²) in [6.07, 6.45) is 0.108. The molecular formula is C17H22N5O7S2+. The van der Waals surface area contributed by atoms with Gasteiger partial charge in [-0.3, -0.25) is 4.79 Å². The summed E-state index contributed by atoms with van der Waals surface area (Å²) < 4.78 is -1.60. The minimum atomic E-state index is -1.76. The second-order valence-corrected chi connectivity index (χ2v) is 10.9. The van der Waals surface area contributed by atoms with Gasteiger partial charge >= 0.3 is 23.8 Å². The number of thiazole rings is 1. The molecule has 2 fully saturated rings. The van der Waals surface area contributed by atoms with E-state index < -0.39 is 55.8 Å². The average Bonchev–Trinajstić information content (AvgIpc) is 3.12. The van der Waals surface area contributed by atoms with E-state index in [1.165, 1.54) is 31.0 Å². The van der Waals surface area contributed by atoms with Crippen LogP contribution in [0.4, 0.5) is 5.13 Å². The number of thioether (sulfide) groups is 1. The molecule has 0 spiro atoms. The zero-order valence-electron chi connectivity index (χ0n) is 17.1. The summed E-state index contributed by atoms with van der Waals surface area (Å²) in [6, 6.07) is -1.23. The number of hydrogen-bond donors (Lipinski definition) is 4. The summed E-state index contributed by atoms with van der Waals surface area (Å²) in [4.78, 5) is 58.2. The Bertz CT molecular complexity index is 1000. The van der Waals surface area contributed by atoms with E-state index >= 15 is 0 Å². The zero-order valence-corrected chi connectivity index (χ0v) is 18.7. The molecule has 1 unspecified atom stereocenters. The van der Waals surface area contributed by atoms with Crippen molar-refractivity contribution in [3.63, 3.8) is 0 Å². The lowest BCUT2D eigenvalue weighted by molar-refractivity contribution is -0.934. The number of hydrogen-bond acceptors (Lipinski definition) is 10. The van der Waals surface area contributed by atoms with Crippen molar-refractivity contribution in [3.8, 4) is 0 Å². The van der Waals surface area contributed by atoms with Crippen molar-refractivity contribution in [2.45, 2.75) is 55.9 Å². The van der Waals surface area contributed by atoms with Crippen LogP contribution in [0.2, 0.25) is 0 Å². The molecule has 2 amide bonds. The first-order valence-corrected chi connectivity index (χ1v) is 10.8. The van der Waals surface area contributed by atoms with Crippen molar-refractivity contribution in [2.24, 2.45) is 5.16 Å². The van der Waals surface area contributed by atoms with Crippen molar-refractivity contribution in [3.05, 3.63) is 11.1 Å². The van der Waals surface area contributed by atoms with Crippen LogP contribution < -0.4 is 11.2 Å². The van der Waals surface area contributed by atoms with Crippen LogP contribution in [0.5, 0.6) is 0 Å². The van der Waals surface area contributed by atoms with E-state index in [4.69, 9.17) is 10.6 Å². The monoisotopic (exact) mass is 472 g/mol. The Kier molecular flexibility index (Phi) is 5.52.